The molecule has 0 fully saturated rings. The average Bonchev–Trinajstić information content (AvgIpc) is 2.54. The van der Waals surface area contributed by atoms with Gasteiger partial charge in [-0.15, -0.1) is 0 Å². The molecule has 1 amide bonds. The lowest BCUT2D eigenvalue weighted by Gasteiger charge is -2.19. The molecule has 0 saturated heterocycles. The van der Waals surface area contributed by atoms with Gasteiger partial charge < -0.3 is 10.1 Å². The van der Waals surface area contributed by atoms with E-state index < -0.39 is 24.3 Å². The molecule has 8 heteroatoms. The zero-order chi connectivity index (χ0) is 18.6. The molecule has 1 N–H and O–H groups in total. The summed E-state index contributed by atoms with van der Waals surface area (Å²) in [4.78, 5) is 16.2. The average molecular weight is 356 g/mol. The Labute approximate surface area is 141 Å². The van der Waals surface area contributed by atoms with Gasteiger partial charge in [0.15, 0.2) is 0 Å². The summed E-state index contributed by atoms with van der Waals surface area (Å²) in [5.41, 5.74) is 1.50. The summed E-state index contributed by atoms with van der Waals surface area (Å²) in [5, 5.41) is 2.69. The molecule has 2 rings (SSSR count). The molecule has 1 aromatic heterocycles. The van der Waals surface area contributed by atoms with Crippen molar-refractivity contribution in [1.29, 1.82) is 0 Å². The maximum atomic E-state index is 13.0. The number of halogens is 4. The van der Waals surface area contributed by atoms with Crippen LogP contribution in [0.25, 0.3) is 0 Å². The monoisotopic (exact) mass is 356 g/mol. The second-order valence-electron chi connectivity index (χ2n) is 5.42. The van der Waals surface area contributed by atoms with Crippen molar-refractivity contribution in [2.24, 2.45) is 0 Å². The number of amides is 1. The maximum absolute atomic E-state index is 13.0. The van der Waals surface area contributed by atoms with Crippen LogP contribution in [0.15, 0.2) is 42.6 Å². The standard InChI is InChI=1S/C17H16F4N2O2/c1-10-8-13(6-7-22-10)15(24)23-11(2)12-4-3-5-14(9-12)25-17(20,21)16(18)19/h3-9,11,16H,1-2H3,(H,23,24). The van der Waals surface area contributed by atoms with Crippen molar-refractivity contribution in [3.63, 3.8) is 0 Å². The molecule has 1 heterocycles. The predicted molar refractivity (Wildman–Crippen MR) is 82.9 cm³/mol. The zero-order valence-electron chi connectivity index (χ0n) is 13.5. The number of alkyl halides is 4. The number of hydrogen-bond donors (Lipinski definition) is 1. The van der Waals surface area contributed by atoms with E-state index in [0.717, 1.165) is 6.07 Å². The number of benzene rings is 1. The summed E-state index contributed by atoms with van der Waals surface area (Å²) in [6.07, 6.45) is -7.03. The molecule has 0 spiro atoms. The van der Waals surface area contributed by atoms with Crippen molar-refractivity contribution < 1.29 is 27.1 Å². The molecule has 0 saturated carbocycles. The molecular formula is C17H16F4N2O2. The highest BCUT2D eigenvalue weighted by atomic mass is 19.3. The number of pyridine rings is 1. The minimum absolute atomic E-state index is 0.373. The Morgan fingerprint density at radius 1 is 1.24 bits per heavy atom. The second kappa shape index (κ2) is 7.50. The van der Waals surface area contributed by atoms with E-state index in [4.69, 9.17) is 0 Å². The fourth-order valence-corrected chi connectivity index (χ4v) is 2.10. The van der Waals surface area contributed by atoms with Gasteiger partial charge in [-0.2, -0.15) is 17.6 Å². The molecular weight excluding hydrogens is 340 g/mol. The Morgan fingerprint density at radius 2 is 1.96 bits per heavy atom. The third-order valence-corrected chi connectivity index (χ3v) is 3.37. The molecule has 2 aromatic rings. The van der Waals surface area contributed by atoms with Crippen molar-refractivity contribution in [3.8, 4) is 5.75 Å². The summed E-state index contributed by atoms with van der Waals surface area (Å²) < 4.78 is 54.5. The van der Waals surface area contributed by atoms with Gasteiger partial charge in [0.1, 0.15) is 5.75 Å². The quantitative estimate of drug-likeness (QED) is 0.792. The summed E-state index contributed by atoms with van der Waals surface area (Å²) in [7, 11) is 0. The molecule has 134 valence electrons. The van der Waals surface area contributed by atoms with Crippen LogP contribution in [0, 0.1) is 6.92 Å². The van der Waals surface area contributed by atoms with E-state index >= 15 is 0 Å². The van der Waals surface area contributed by atoms with E-state index in [-0.39, 0.29) is 5.91 Å². The van der Waals surface area contributed by atoms with E-state index in [1.54, 1.807) is 26.0 Å². The molecule has 0 aliphatic heterocycles. The second-order valence-corrected chi connectivity index (χ2v) is 5.42. The fraction of sp³-hybridized carbons (Fsp3) is 0.294. The number of carbonyl (C=O) groups excluding carboxylic acids is 1. The smallest absolute Gasteiger partial charge is 0.428 e. The molecule has 1 atom stereocenters. The summed E-state index contributed by atoms with van der Waals surface area (Å²) in [5.74, 6) is -0.786. The third-order valence-electron chi connectivity index (χ3n) is 3.37. The van der Waals surface area contributed by atoms with Crippen LogP contribution in [0.2, 0.25) is 0 Å². The number of carbonyl (C=O) groups is 1. The van der Waals surface area contributed by atoms with Gasteiger partial charge in [-0.05, 0) is 43.7 Å². The predicted octanol–water partition coefficient (Wildman–Crippen LogP) is 4.12. The van der Waals surface area contributed by atoms with E-state index in [0.29, 0.717) is 16.8 Å². The number of hydrogen-bond acceptors (Lipinski definition) is 3. The molecule has 25 heavy (non-hydrogen) atoms. The highest BCUT2D eigenvalue weighted by Gasteiger charge is 2.44. The van der Waals surface area contributed by atoms with E-state index in [9.17, 15) is 22.4 Å². The van der Waals surface area contributed by atoms with Gasteiger partial charge in [0.2, 0.25) is 0 Å². The van der Waals surface area contributed by atoms with E-state index in [2.05, 4.69) is 15.0 Å². The maximum Gasteiger partial charge on any atom is 0.461 e. The summed E-state index contributed by atoms with van der Waals surface area (Å²) >= 11 is 0. The highest BCUT2D eigenvalue weighted by molar-refractivity contribution is 5.94. The van der Waals surface area contributed by atoms with Crippen LogP contribution in [-0.2, 0) is 0 Å². The number of ether oxygens (including phenoxy) is 1. The van der Waals surface area contributed by atoms with Crippen molar-refractivity contribution in [3.05, 3.63) is 59.4 Å². The van der Waals surface area contributed by atoms with Crippen LogP contribution in [0.4, 0.5) is 17.6 Å². The zero-order valence-corrected chi connectivity index (χ0v) is 13.5. The van der Waals surface area contributed by atoms with Crippen LogP contribution >= 0.6 is 0 Å². The first kappa shape index (κ1) is 18.7. The lowest BCUT2D eigenvalue weighted by atomic mass is 10.1. The Bertz CT molecular complexity index is 753. The van der Waals surface area contributed by atoms with E-state index in [1.165, 1.54) is 24.4 Å². The van der Waals surface area contributed by atoms with Crippen LogP contribution in [0.1, 0.15) is 34.6 Å². The number of aromatic nitrogens is 1. The van der Waals surface area contributed by atoms with Crippen molar-refractivity contribution >= 4 is 5.91 Å². The first-order valence-electron chi connectivity index (χ1n) is 7.37. The molecule has 0 bridgehead atoms. The lowest BCUT2D eigenvalue weighted by Crippen LogP contribution is -2.33. The van der Waals surface area contributed by atoms with Gasteiger partial charge in [-0.3, -0.25) is 9.78 Å². The third kappa shape index (κ3) is 4.91. The van der Waals surface area contributed by atoms with Crippen LogP contribution in [-0.4, -0.2) is 23.4 Å². The minimum Gasteiger partial charge on any atom is -0.428 e. The van der Waals surface area contributed by atoms with Crippen molar-refractivity contribution in [2.45, 2.75) is 32.4 Å². The lowest BCUT2D eigenvalue weighted by molar-refractivity contribution is -0.253. The first-order chi connectivity index (χ1) is 11.7. The molecule has 1 unspecified atom stereocenters. The first-order valence-corrected chi connectivity index (χ1v) is 7.37. The Morgan fingerprint density at radius 3 is 2.60 bits per heavy atom. The Hall–Kier alpha value is -2.64. The minimum atomic E-state index is -4.58. The largest absolute Gasteiger partial charge is 0.461 e. The molecule has 1 aromatic carbocycles. The van der Waals surface area contributed by atoms with E-state index in [1.807, 2.05) is 0 Å². The van der Waals surface area contributed by atoms with Gasteiger partial charge in [0.05, 0.1) is 6.04 Å². The van der Waals surface area contributed by atoms with Gasteiger partial charge in [0, 0.05) is 17.5 Å². The number of aryl methyl sites for hydroxylation is 1. The van der Waals surface area contributed by atoms with Gasteiger partial charge in [0.25, 0.3) is 5.91 Å². The van der Waals surface area contributed by atoms with Gasteiger partial charge in [-0.25, -0.2) is 0 Å². The molecule has 0 aliphatic carbocycles. The topological polar surface area (TPSA) is 51.2 Å². The molecule has 0 aliphatic rings. The van der Waals surface area contributed by atoms with Crippen molar-refractivity contribution in [2.75, 3.05) is 0 Å². The fourth-order valence-electron chi connectivity index (χ4n) is 2.10. The SMILES string of the molecule is Cc1cc(C(=O)NC(C)c2cccc(OC(F)(F)C(F)F)c2)ccn1. The Kier molecular flexibility index (Phi) is 5.61. The highest BCUT2D eigenvalue weighted by Crippen LogP contribution is 2.29. The van der Waals surface area contributed by atoms with Crippen molar-refractivity contribution in [1.82, 2.24) is 10.3 Å². The number of nitrogens with zero attached hydrogens (tertiary/aromatic N) is 1. The Balaban J connectivity index is 2.10. The van der Waals surface area contributed by atoms with Gasteiger partial charge in [-0.1, -0.05) is 12.1 Å². The number of nitrogens with one attached hydrogen (secondary N) is 1. The number of rotatable bonds is 6. The van der Waals surface area contributed by atoms with Crippen LogP contribution in [0.3, 0.4) is 0 Å². The van der Waals surface area contributed by atoms with Crippen LogP contribution in [0.5, 0.6) is 5.75 Å². The molecule has 4 nitrogen and oxygen atoms in total. The van der Waals surface area contributed by atoms with Crippen LogP contribution < -0.4 is 10.1 Å². The van der Waals surface area contributed by atoms with Gasteiger partial charge >= 0.3 is 12.5 Å². The molecule has 0 radical (unpaired) electrons. The normalized spacial score (nSPS) is 12.8. The summed E-state index contributed by atoms with van der Waals surface area (Å²) in [6.45, 7) is 3.38. The summed E-state index contributed by atoms with van der Waals surface area (Å²) in [6, 6.07) is 7.86.